The predicted octanol–water partition coefficient (Wildman–Crippen LogP) is 3.75. The van der Waals surface area contributed by atoms with Crippen LogP contribution in [0.25, 0.3) is 0 Å². The van der Waals surface area contributed by atoms with Crippen molar-refractivity contribution in [2.75, 3.05) is 12.4 Å². The third-order valence-electron chi connectivity index (χ3n) is 3.79. The molecule has 2 aromatic carbocycles. The predicted molar refractivity (Wildman–Crippen MR) is 100 cm³/mol. The molecule has 0 aliphatic carbocycles. The molecular weight excluding hydrogens is 372 g/mol. The van der Waals surface area contributed by atoms with Crippen molar-refractivity contribution in [1.82, 2.24) is 9.78 Å². The van der Waals surface area contributed by atoms with E-state index in [2.05, 4.69) is 10.4 Å². The second-order valence-electron chi connectivity index (χ2n) is 5.65. The molecule has 3 rings (SSSR count). The van der Waals surface area contributed by atoms with Crippen molar-refractivity contribution in [2.24, 2.45) is 0 Å². The first-order valence-electron chi connectivity index (χ1n) is 7.87. The molecule has 1 amide bonds. The smallest absolute Gasteiger partial charge is 0.311 e. The summed E-state index contributed by atoms with van der Waals surface area (Å²) in [5, 5.41) is 18.6. The number of carbonyl (C=O) groups excluding carboxylic acids is 1. The van der Waals surface area contributed by atoms with Gasteiger partial charge in [-0.25, -0.2) is 0 Å². The summed E-state index contributed by atoms with van der Waals surface area (Å²) in [4.78, 5) is 22.9. The van der Waals surface area contributed by atoms with E-state index in [4.69, 9.17) is 16.3 Å². The number of rotatable bonds is 6. The lowest BCUT2D eigenvalue weighted by Crippen LogP contribution is -2.12. The van der Waals surface area contributed by atoms with Gasteiger partial charge < -0.3 is 10.1 Å². The molecule has 0 bridgehead atoms. The minimum absolute atomic E-state index is 0.0901. The number of ether oxygens (including phenoxy) is 1. The Kier molecular flexibility index (Phi) is 5.37. The average Bonchev–Trinajstić information content (AvgIpc) is 3.09. The molecule has 0 saturated carbocycles. The van der Waals surface area contributed by atoms with Crippen molar-refractivity contribution >= 4 is 28.9 Å². The van der Waals surface area contributed by atoms with Crippen molar-refractivity contribution in [3.63, 3.8) is 0 Å². The summed E-state index contributed by atoms with van der Waals surface area (Å²) in [6.45, 7) is 0.515. The Morgan fingerprint density at radius 3 is 2.70 bits per heavy atom. The summed E-state index contributed by atoms with van der Waals surface area (Å²) < 4.78 is 6.59. The summed E-state index contributed by atoms with van der Waals surface area (Å²) in [6, 6.07) is 11.4. The van der Waals surface area contributed by atoms with Crippen molar-refractivity contribution in [3.8, 4) is 5.75 Å². The number of nitro groups is 1. The molecule has 3 aromatic rings. The number of aromatic nitrogens is 2. The maximum absolute atomic E-state index is 12.4. The van der Waals surface area contributed by atoms with Gasteiger partial charge in [-0.2, -0.15) is 5.10 Å². The van der Waals surface area contributed by atoms with Gasteiger partial charge in [0, 0.05) is 22.8 Å². The van der Waals surface area contributed by atoms with Crippen LogP contribution < -0.4 is 10.1 Å². The zero-order valence-electron chi connectivity index (χ0n) is 14.3. The van der Waals surface area contributed by atoms with Crippen LogP contribution in [0.5, 0.6) is 5.75 Å². The first-order chi connectivity index (χ1) is 13.0. The van der Waals surface area contributed by atoms with Crippen LogP contribution in [0.2, 0.25) is 5.02 Å². The van der Waals surface area contributed by atoms with E-state index in [1.54, 1.807) is 23.0 Å². The third kappa shape index (κ3) is 4.42. The van der Waals surface area contributed by atoms with Crippen LogP contribution in [0, 0.1) is 10.1 Å². The summed E-state index contributed by atoms with van der Waals surface area (Å²) in [5.41, 5.74) is 1.36. The third-order valence-corrected chi connectivity index (χ3v) is 4.04. The molecule has 1 N–H and O–H groups in total. The molecule has 1 heterocycles. The van der Waals surface area contributed by atoms with Gasteiger partial charge in [0.05, 0.1) is 30.5 Å². The Morgan fingerprint density at radius 2 is 2.04 bits per heavy atom. The van der Waals surface area contributed by atoms with E-state index in [0.29, 0.717) is 17.3 Å². The zero-order chi connectivity index (χ0) is 19.4. The van der Waals surface area contributed by atoms with E-state index in [-0.39, 0.29) is 17.0 Å². The maximum Gasteiger partial charge on any atom is 0.311 e. The molecule has 0 radical (unpaired) electrons. The summed E-state index contributed by atoms with van der Waals surface area (Å²) in [7, 11) is 1.33. The largest absolute Gasteiger partial charge is 0.490 e. The second kappa shape index (κ2) is 7.88. The van der Waals surface area contributed by atoms with Crippen LogP contribution in [-0.4, -0.2) is 27.7 Å². The van der Waals surface area contributed by atoms with Gasteiger partial charge in [0.1, 0.15) is 0 Å². The van der Waals surface area contributed by atoms with Gasteiger partial charge in [-0.3, -0.25) is 19.6 Å². The van der Waals surface area contributed by atoms with Crippen LogP contribution in [-0.2, 0) is 6.54 Å². The summed E-state index contributed by atoms with van der Waals surface area (Å²) in [6.07, 6.45) is 3.18. The average molecular weight is 387 g/mol. The molecule has 0 atom stereocenters. The topological polar surface area (TPSA) is 99.3 Å². The van der Waals surface area contributed by atoms with Gasteiger partial charge in [0.2, 0.25) is 0 Å². The van der Waals surface area contributed by atoms with Crippen molar-refractivity contribution in [1.29, 1.82) is 0 Å². The summed E-state index contributed by atoms with van der Waals surface area (Å²) in [5.74, 6) is -0.390. The van der Waals surface area contributed by atoms with Crippen molar-refractivity contribution in [2.45, 2.75) is 6.54 Å². The second-order valence-corrected chi connectivity index (χ2v) is 6.09. The molecule has 0 spiro atoms. The first-order valence-corrected chi connectivity index (χ1v) is 8.25. The number of halogens is 1. The summed E-state index contributed by atoms with van der Waals surface area (Å²) >= 11 is 5.86. The normalized spacial score (nSPS) is 10.4. The highest BCUT2D eigenvalue weighted by molar-refractivity contribution is 6.30. The Hall–Kier alpha value is -3.39. The van der Waals surface area contributed by atoms with E-state index in [1.807, 2.05) is 12.1 Å². The van der Waals surface area contributed by atoms with E-state index in [1.165, 1.54) is 31.5 Å². The van der Waals surface area contributed by atoms with Crippen LogP contribution >= 0.6 is 11.6 Å². The van der Waals surface area contributed by atoms with Crippen molar-refractivity contribution < 1.29 is 14.5 Å². The molecule has 9 heteroatoms. The number of methoxy groups -OCH3 is 1. The SMILES string of the molecule is COc1ccc(C(=O)Nc2cnn(Cc3ccc(Cl)cc3)c2)cc1[N+](=O)[O-]. The number of amides is 1. The van der Waals surface area contributed by atoms with E-state index in [0.717, 1.165) is 5.56 Å². The lowest BCUT2D eigenvalue weighted by Gasteiger charge is -2.05. The molecule has 1 aromatic heterocycles. The lowest BCUT2D eigenvalue weighted by molar-refractivity contribution is -0.385. The standard InChI is InChI=1S/C18H15ClN4O4/c1-27-17-7-4-13(8-16(17)23(25)26)18(24)21-15-9-20-22(11-15)10-12-2-5-14(19)6-3-12/h2-9,11H,10H2,1H3,(H,21,24). The molecular formula is C18H15ClN4O4. The highest BCUT2D eigenvalue weighted by Crippen LogP contribution is 2.27. The van der Waals surface area contributed by atoms with Gasteiger partial charge in [-0.1, -0.05) is 23.7 Å². The van der Waals surface area contributed by atoms with Crippen molar-refractivity contribution in [3.05, 3.63) is 81.1 Å². The van der Waals surface area contributed by atoms with Gasteiger partial charge >= 0.3 is 5.69 Å². The Morgan fingerprint density at radius 1 is 1.30 bits per heavy atom. The van der Waals surface area contributed by atoms with Gasteiger partial charge in [-0.15, -0.1) is 0 Å². The van der Waals surface area contributed by atoms with Gasteiger partial charge in [0.15, 0.2) is 5.75 Å². The Labute approximate surface area is 159 Å². The molecule has 27 heavy (non-hydrogen) atoms. The van der Waals surface area contributed by atoms with E-state index >= 15 is 0 Å². The molecule has 0 saturated heterocycles. The number of nitro benzene ring substituents is 1. The number of anilines is 1. The molecule has 138 valence electrons. The van der Waals surface area contributed by atoms with E-state index in [9.17, 15) is 14.9 Å². The molecule has 8 nitrogen and oxygen atoms in total. The Bertz CT molecular complexity index is 985. The highest BCUT2D eigenvalue weighted by Gasteiger charge is 2.18. The maximum atomic E-state index is 12.4. The number of benzene rings is 2. The van der Waals surface area contributed by atoms with Gasteiger partial charge in [-0.05, 0) is 29.8 Å². The van der Waals surface area contributed by atoms with Crippen LogP contribution in [0.15, 0.2) is 54.9 Å². The van der Waals surface area contributed by atoms with Crippen LogP contribution in [0.3, 0.4) is 0 Å². The molecule has 0 fully saturated rings. The molecule has 0 unspecified atom stereocenters. The minimum atomic E-state index is -0.597. The van der Waals surface area contributed by atoms with Crippen LogP contribution in [0.1, 0.15) is 15.9 Å². The number of carbonyl (C=O) groups is 1. The fraction of sp³-hybridized carbons (Fsp3) is 0.111. The van der Waals surface area contributed by atoms with E-state index < -0.39 is 10.8 Å². The fourth-order valence-electron chi connectivity index (χ4n) is 2.47. The number of hydrogen-bond donors (Lipinski definition) is 1. The zero-order valence-corrected chi connectivity index (χ0v) is 15.0. The monoisotopic (exact) mass is 386 g/mol. The number of nitrogens with one attached hydrogen (secondary N) is 1. The molecule has 0 aliphatic heterocycles. The highest BCUT2D eigenvalue weighted by atomic mass is 35.5. The Balaban J connectivity index is 1.71. The quantitative estimate of drug-likeness (QED) is 0.513. The van der Waals surface area contributed by atoms with Gasteiger partial charge in [0.25, 0.3) is 5.91 Å². The number of hydrogen-bond acceptors (Lipinski definition) is 5. The van der Waals surface area contributed by atoms with Crippen LogP contribution in [0.4, 0.5) is 11.4 Å². The lowest BCUT2D eigenvalue weighted by atomic mass is 10.1. The fourth-order valence-corrected chi connectivity index (χ4v) is 2.59. The first kappa shape index (κ1) is 18.4. The number of nitrogens with zero attached hydrogens (tertiary/aromatic N) is 3. The minimum Gasteiger partial charge on any atom is -0.490 e. The molecule has 0 aliphatic rings.